The Kier molecular flexibility index (Phi) is 3.93. The summed E-state index contributed by atoms with van der Waals surface area (Å²) in [5.41, 5.74) is 2.22. The number of hydrogen-bond acceptors (Lipinski definition) is 4. The molecule has 1 aromatic carbocycles. The highest BCUT2D eigenvalue weighted by molar-refractivity contribution is 7.92. The van der Waals surface area contributed by atoms with Crippen LogP contribution in [0.2, 0.25) is 0 Å². The Morgan fingerprint density at radius 1 is 1.17 bits per heavy atom. The lowest BCUT2D eigenvalue weighted by atomic mass is 10.2. The number of fused-ring (bicyclic) bond motifs is 1. The van der Waals surface area contributed by atoms with E-state index in [1.165, 1.54) is 11.3 Å². The highest BCUT2D eigenvalue weighted by Crippen LogP contribution is 2.30. The number of sulfonamides is 1. The van der Waals surface area contributed by atoms with Gasteiger partial charge in [-0.25, -0.2) is 4.98 Å². The van der Waals surface area contributed by atoms with E-state index < -0.39 is 10.0 Å². The molecule has 7 heteroatoms. The molecule has 0 aliphatic rings. The maximum Gasteiger partial charge on any atom is 0.279 e. The minimum Gasteiger partial charge on any atom is -0.279 e. The molecule has 0 atom stereocenters. The zero-order chi connectivity index (χ0) is 16.8. The van der Waals surface area contributed by atoms with Crippen LogP contribution in [-0.2, 0) is 10.0 Å². The molecule has 0 saturated carbocycles. The maximum absolute atomic E-state index is 12.9. The predicted octanol–water partition coefficient (Wildman–Crippen LogP) is 3.94. The quantitative estimate of drug-likeness (QED) is 0.776. The predicted molar refractivity (Wildman–Crippen MR) is 93.9 cm³/mol. The maximum atomic E-state index is 12.9. The van der Waals surface area contributed by atoms with Crippen molar-refractivity contribution in [2.24, 2.45) is 0 Å². The summed E-state index contributed by atoms with van der Waals surface area (Å²) < 4.78 is 30.2. The first-order valence-electron chi connectivity index (χ1n) is 7.36. The van der Waals surface area contributed by atoms with Gasteiger partial charge in [-0.15, -0.1) is 11.3 Å². The Morgan fingerprint density at radius 3 is 2.43 bits per heavy atom. The van der Waals surface area contributed by atoms with E-state index in [1.54, 1.807) is 16.5 Å². The third-order valence-corrected chi connectivity index (χ3v) is 5.85. The number of thiazole rings is 1. The highest BCUT2D eigenvalue weighted by atomic mass is 32.2. The van der Waals surface area contributed by atoms with Crippen molar-refractivity contribution in [2.45, 2.75) is 38.6 Å². The van der Waals surface area contributed by atoms with Crippen molar-refractivity contribution in [1.82, 2.24) is 9.38 Å². The number of hydrogen-bond donors (Lipinski definition) is 1. The molecule has 0 fully saturated rings. The van der Waals surface area contributed by atoms with E-state index >= 15 is 0 Å². The lowest BCUT2D eigenvalue weighted by Gasteiger charge is -2.11. The van der Waals surface area contributed by atoms with Gasteiger partial charge in [-0.1, -0.05) is 31.5 Å². The summed E-state index contributed by atoms with van der Waals surface area (Å²) in [4.78, 5) is 6.24. The van der Waals surface area contributed by atoms with Gasteiger partial charge in [0.2, 0.25) is 0 Å². The molecular formula is C16H19N3O2S2. The number of aromatic nitrogens is 2. The van der Waals surface area contributed by atoms with Crippen molar-refractivity contribution in [2.75, 3.05) is 4.72 Å². The normalized spacial score (nSPS) is 12.2. The van der Waals surface area contributed by atoms with Gasteiger partial charge in [0, 0.05) is 16.8 Å². The molecule has 0 radical (unpaired) electrons. The number of anilines is 1. The standard InChI is InChI=1S/C16H19N3O2S2/c1-10(2)14-15(19-9-12(4)22-16(19)17-14)23(20,21)18-13-7-5-11(3)6-8-13/h5-10,18H,1-4H3. The van der Waals surface area contributed by atoms with Gasteiger partial charge in [0.1, 0.15) is 0 Å². The molecule has 2 heterocycles. The van der Waals surface area contributed by atoms with Crippen LogP contribution in [0.1, 0.15) is 35.9 Å². The number of benzene rings is 1. The molecule has 0 aliphatic carbocycles. The number of nitrogens with zero attached hydrogens (tertiary/aromatic N) is 2. The molecular weight excluding hydrogens is 330 g/mol. The minimum atomic E-state index is -3.71. The van der Waals surface area contributed by atoms with E-state index in [0.717, 1.165) is 10.4 Å². The molecule has 0 amide bonds. The fourth-order valence-electron chi connectivity index (χ4n) is 2.42. The third-order valence-electron chi connectivity index (χ3n) is 3.53. The number of imidazole rings is 1. The molecule has 0 bridgehead atoms. The largest absolute Gasteiger partial charge is 0.279 e. The summed E-state index contributed by atoms with van der Waals surface area (Å²) >= 11 is 1.49. The van der Waals surface area contributed by atoms with Crippen LogP contribution >= 0.6 is 11.3 Å². The minimum absolute atomic E-state index is 0.0204. The molecule has 0 aliphatic heterocycles. The topological polar surface area (TPSA) is 63.5 Å². The fourth-order valence-corrected chi connectivity index (χ4v) is 4.81. The third kappa shape index (κ3) is 2.98. The second-order valence-electron chi connectivity index (χ2n) is 5.92. The Bertz CT molecular complexity index is 951. The zero-order valence-electron chi connectivity index (χ0n) is 13.5. The van der Waals surface area contributed by atoms with E-state index in [4.69, 9.17) is 0 Å². The molecule has 1 N–H and O–H groups in total. The van der Waals surface area contributed by atoms with Gasteiger partial charge in [0.25, 0.3) is 10.0 Å². The lowest BCUT2D eigenvalue weighted by molar-refractivity contribution is 0.593. The van der Waals surface area contributed by atoms with Crippen molar-refractivity contribution < 1.29 is 8.42 Å². The van der Waals surface area contributed by atoms with Crippen LogP contribution < -0.4 is 4.72 Å². The van der Waals surface area contributed by atoms with Crippen LogP contribution in [0.5, 0.6) is 0 Å². The van der Waals surface area contributed by atoms with Crippen LogP contribution in [0.25, 0.3) is 4.96 Å². The second-order valence-corrected chi connectivity index (χ2v) is 8.73. The SMILES string of the molecule is Cc1ccc(NS(=O)(=O)c2c(C(C)C)nc3sc(C)cn23)cc1. The lowest BCUT2D eigenvalue weighted by Crippen LogP contribution is -2.17. The fraction of sp³-hybridized carbons (Fsp3) is 0.312. The van der Waals surface area contributed by atoms with E-state index in [9.17, 15) is 8.42 Å². The molecule has 3 aromatic rings. The van der Waals surface area contributed by atoms with Crippen molar-refractivity contribution in [3.63, 3.8) is 0 Å². The van der Waals surface area contributed by atoms with E-state index in [-0.39, 0.29) is 10.9 Å². The first-order chi connectivity index (χ1) is 10.8. The number of nitrogens with one attached hydrogen (secondary N) is 1. The molecule has 23 heavy (non-hydrogen) atoms. The average molecular weight is 349 g/mol. The molecule has 5 nitrogen and oxygen atoms in total. The molecule has 0 spiro atoms. The van der Waals surface area contributed by atoms with E-state index in [2.05, 4.69) is 9.71 Å². The van der Waals surface area contributed by atoms with Crippen molar-refractivity contribution in [3.05, 3.63) is 46.6 Å². The van der Waals surface area contributed by atoms with Gasteiger partial charge in [-0.05, 0) is 31.9 Å². The average Bonchev–Trinajstić information content (AvgIpc) is 2.96. The molecule has 0 unspecified atom stereocenters. The first kappa shape index (κ1) is 16.0. The number of aryl methyl sites for hydroxylation is 2. The highest BCUT2D eigenvalue weighted by Gasteiger charge is 2.27. The molecule has 0 saturated heterocycles. The van der Waals surface area contributed by atoms with Crippen LogP contribution in [0, 0.1) is 13.8 Å². The smallest absolute Gasteiger partial charge is 0.279 e. The summed E-state index contributed by atoms with van der Waals surface area (Å²) in [5, 5.41) is 0.229. The zero-order valence-corrected chi connectivity index (χ0v) is 15.1. The first-order valence-corrected chi connectivity index (χ1v) is 9.66. The Hall–Kier alpha value is -1.86. The van der Waals surface area contributed by atoms with E-state index in [0.29, 0.717) is 16.3 Å². The van der Waals surface area contributed by atoms with Gasteiger partial charge >= 0.3 is 0 Å². The Balaban J connectivity index is 2.12. The summed E-state index contributed by atoms with van der Waals surface area (Å²) in [5.74, 6) is 0.0204. The van der Waals surface area contributed by atoms with Crippen molar-refractivity contribution in [1.29, 1.82) is 0 Å². The summed E-state index contributed by atoms with van der Waals surface area (Å²) in [6, 6.07) is 7.28. The van der Waals surface area contributed by atoms with Crippen molar-refractivity contribution in [3.8, 4) is 0 Å². The van der Waals surface area contributed by atoms with Crippen LogP contribution in [0.15, 0.2) is 35.5 Å². The Morgan fingerprint density at radius 2 is 1.83 bits per heavy atom. The van der Waals surface area contributed by atoms with Gasteiger partial charge in [-0.3, -0.25) is 9.12 Å². The Labute approximate surface area is 140 Å². The van der Waals surface area contributed by atoms with Gasteiger partial charge in [0.15, 0.2) is 9.99 Å². The monoisotopic (exact) mass is 349 g/mol. The van der Waals surface area contributed by atoms with Gasteiger partial charge in [-0.2, -0.15) is 8.42 Å². The van der Waals surface area contributed by atoms with Gasteiger partial charge < -0.3 is 0 Å². The molecule has 122 valence electrons. The second kappa shape index (κ2) is 5.65. The molecule has 2 aromatic heterocycles. The van der Waals surface area contributed by atoms with Crippen LogP contribution in [0.4, 0.5) is 5.69 Å². The van der Waals surface area contributed by atoms with Gasteiger partial charge in [0.05, 0.1) is 5.69 Å². The summed E-state index contributed by atoms with van der Waals surface area (Å²) in [6.07, 6.45) is 1.82. The van der Waals surface area contributed by atoms with E-state index in [1.807, 2.05) is 46.0 Å². The number of rotatable bonds is 4. The summed E-state index contributed by atoms with van der Waals surface area (Å²) in [7, 11) is -3.71. The van der Waals surface area contributed by atoms with Crippen LogP contribution in [0.3, 0.4) is 0 Å². The van der Waals surface area contributed by atoms with Crippen molar-refractivity contribution >= 4 is 32.0 Å². The van der Waals surface area contributed by atoms with Crippen LogP contribution in [-0.4, -0.2) is 17.8 Å². The molecule has 3 rings (SSSR count). The summed E-state index contributed by atoms with van der Waals surface area (Å²) in [6.45, 7) is 7.80.